The van der Waals surface area contributed by atoms with E-state index >= 15 is 0 Å². The van der Waals surface area contributed by atoms with Gasteiger partial charge in [0.1, 0.15) is 0 Å². The minimum Gasteiger partial charge on any atom is -0.357 e. The third-order valence-corrected chi connectivity index (χ3v) is 5.53. The Hall–Kier alpha value is -0.860. The third kappa shape index (κ3) is 7.87. The summed E-state index contributed by atoms with van der Waals surface area (Å²) in [7, 11) is 2.12. The average molecular weight is 502 g/mol. The van der Waals surface area contributed by atoms with Gasteiger partial charge in [0.15, 0.2) is 5.96 Å². The van der Waals surface area contributed by atoms with E-state index in [1.165, 1.54) is 24.2 Å². The van der Waals surface area contributed by atoms with E-state index in [0.717, 1.165) is 51.6 Å². The van der Waals surface area contributed by atoms with Gasteiger partial charge in [-0.15, -0.1) is 24.0 Å². The van der Waals surface area contributed by atoms with Gasteiger partial charge in [-0.2, -0.15) is 0 Å². The molecule has 1 heterocycles. The van der Waals surface area contributed by atoms with Gasteiger partial charge in [0.05, 0.1) is 6.54 Å². The molecule has 0 radical (unpaired) electrons. The maximum absolute atomic E-state index is 4.93. The van der Waals surface area contributed by atoms with E-state index in [1.54, 1.807) is 0 Å². The second-order valence-corrected chi connectivity index (χ2v) is 7.54. The van der Waals surface area contributed by atoms with Crippen LogP contribution in [0.3, 0.4) is 0 Å². The van der Waals surface area contributed by atoms with E-state index in [9.17, 15) is 0 Å². The van der Waals surface area contributed by atoms with Gasteiger partial charge in [-0.05, 0) is 37.9 Å². The summed E-state index contributed by atoms with van der Waals surface area (Å²) in [5, 5.41) is 3.45. The van der Waals surface area contributed by atoms with Gasteiger partial charge in [-0.1, -0.05) is 38.1 Å². The first-order valence-corrected chi connectivity index (χ1v) is 10.6. The van der Waals surface area contributed by atoms with E-state index in [0.29, 0.717) is 6.04 Å². The number of hydrogen-bond acceptors (Lipinski definition) is 3. The Balaban J connectivity index is 0.00000392. The molecule has 1 N–H and O–H groups in total. The van der Waals surface area contributed by atoms with Gasteiger partial charge >= 0.3 is 0 Å². The van der Waals surface area contributed by atoms with Crippen LogP contribution in [-0.4, -0.2) is 79.6 Å². The standard InChI is InChI=1S/C22H39N5.HI/c1-6-20-9-11-21(12-10-20)18-25(5)22(23-7-2)24-17-19(4)27-15-13-26(8-3)14-16-27;/h9-12,19H,6-8,13-18H2,1-5H3,(H,23,24);1H. The van der Waals surface area contributed by atoms with E-state index in [1.807, 2.05) is 0 Å². The maximum atomic E-state index is 4.93. The number of nitrogens with zero attached hydrogens (tertiary/aromatic N) is 4. The zero-order valence-electron chi connectivity index (χ0n) is 18.4. The summed E-state index contributed by atoms with van der Waals surface area (Å²) in [4.78, 5) is 12.3. The second kappa shape index (κ2) is 13.4. The number of guanidine groups is 1. The molecule has 1 aromatic carbocycles. The maximum Gasteiger partial charge on any atom is 0.194 e. The van der Waals surface area contributed by atoms with Crippen molar-refractivity contribution < 1.29 is 0 Å². The molecule has 0 aromatic heterocycles. The number of benzene rings is 1. The van der Waals surface area contributed by atoms with Crippen LogP contribution >= 0.6 is 24.0 Å². The first-order valence-electron chi connectivity index (χ1n) is 10.6. The topological polar surface area (TPSA) is 34.1 Å². The lowest BCUT2D eigenvalue weighted by atomic mass is 10.1. The van der Waals surface area contributed by atoms with E-state index in [2.05, 4.69) is 79.0 Å². The van der Waals surface area contributed by atoms with Crippen LogP contribution in [-0.2, 0) is 13.0 Å². The Bertz CT molecular complexity index is 567. The number of piperazine rings is 1. The zero-order valence-corrected chi connectivity index (χ0v) is 20.8. The fourth-order valence-electron chi connectivity index (χ4n) is 3.55. The molecule has 6 heteroatoms. The molecule has 0 saturated carbocycles. The molecular weight excluding hydrogens is 461 g/mol. The normalized spacial score (nSPS) is 17.1. The summed E-state index contributed by atoms with van der Waals surface area (Å²) in [6.45, 7) is 17.3. The number of nitrogens with one attached hydrogen (secondary N) is 1. The van der Waals surface area contributed by atoms with Gasteiger partial charge in [0, 0.05) is 52.4 Å². The Kier molecular flexibility index (Phi) is 12.0. The molecule has 1 fully saturated rings. The molecule has 1 atom stereocenters. The van der Waals surface area contributed by atoms with Crippen LogP contribution < -0.4 is 5.32 Å². The van der Waals surface area contributed by atoms with Crippen LogP contribution in [0.2, 0.25) is 0 Å². The van der Waals surface area contributed by atoms with E-state index < -0.39 is 0 Å². The Morgan fingerprint density at radius 1 is 1.07 bits per heavy atom. The molecule has 160 valence electrons. The van der Waals surface area contributed by atoms with E-state index in [4.69, 9.17) is 4.99 Å². The molecule has 1 aromatic rings. The highest BCUT2D eigenvalue weighted by molar-refractivity contribution is 14.0. The van der Waals surface area contributed by atoms with Crippen molar-refractivity contribution >= 4 is 29.9 Å². The smallest absolute Gasteiger partial charge is 0.194 e. The van der Waals surface area contributed by atoms with Crippen LogP contribution in [0.5, 0.6) is 0 Å². The Labute approximate surface area is 189 Å². The predicted octanol–water partition coefficient (Wildman–Crippen LogP) is 3.29. The van der Waals surface area contributed by atoms with Gasteiger partial charge in [0.2, 0.25) is 0 Å². The molecule has 28 heavy (non-hydrogen) atoms. The molecule has 1 aliphatic heterocycles. The number of aliphatic imine (C=N–C) groups is 1. The highest BCUT2D eigenvalue weighted by Crippen LogP contribution is 2.09. The molecule has 0 bridgehead atoms. The lowest BCUT2D eigenvalue weighted by Crippen LogP contribution is -2.50. The molecule has 2 rings (SSSR count). The van der Waals surface area contributed by atoms with Crippen molar-refractivity contribution in [3.63, 3.8) is 0 Å². The predicted molar refractivity (Wildman–Crippen MR) is 132 cm³/mol. The lowest BCUT2D eigenvalue weighted by Gasteiger charge is -2.37. The number of hydrogen-bond donors (Lipinski definition) is 1. The summed E-state index contributed by atoms with van der Waals surface area (Å²) in [5.74, 6) is 0.996. The zero-order chi connectivity index (χ0) is 19.6. The monoisotopic (exact) mass is 501 g/mol. The van der Waals surface area contributed by atoms with Crippen molar-refractivity contribution in [2.75, 3.05) is 52.9 Å². The van der Waals surface area contributed by atoms with Gasteiger partial charge in [-0.25, -0.2) is 0 Å². The minimum atomic E-state index is 0. The van der Waals surface area contributed by atoms with Gasteiger partial charge in [0.25, 0.3) is 0 Å². The molecule has 1 saturated heterocycles. The van der Waals surface area contributed by atoms with Crippen molar-refractivity contribution in [1.82, 2.24) is 20.0 Å². The number of aryl methyl sites for hydroxylation is 1. The summed E-state index contributed by atoms with van der Waals surface area (Å²) in [6, 6.07) is 9.40. The van der Waals surface area contributed by atoms with Gasteiger partial charge < -0.3 is 15.1 Å². The summed E-state index contributed by atoms with van der Waals surface area (Å²) >= 11 is 0. The third-order valence-electron chi connectivity index (χ3n) is 5.53. The summed E-state index contributed by atoms with van der Waals surface area (Å²) in [5.41, 5.74) is 2.71. The van der Waals surface area contributed by atoms with Crippen molar-refractivity contribution in [3.8, 4) is 0 Å². The average Bonchev–Trinajstić information content (AvgIpc) is 2.71. The molecular formula is C22H40IN5. The largest absolute Gasteiger partial charge is 0.357 e. The van der Waals surface area contributed by atoms with Crippen molar-refractivity contribution in [2.45, 2.75) is 46.7 Å². The fourth-order valence-corrected chi connectivity index (χ4v) is 3.55. The van der Waals surface area contributed by atoms with E-state index in [-0.39, 0.29) is 24.0 Å². The molecule has 0 spiro atoms. The minimum absolute atomic E-state index is 0. The van der Waals surface area contributed by atoms with Crippen LogP contribution in [0.4, 0.5) is 0 Å². The first kappa shape index (κ1) is 25.2. The second-order valence-electron chi connectivity index (χ2n) is 7.54. The SMILES string of the molecule is CCNC(=NCC(C)N1CCN(CC)CC1)N(C)Cc1ccc(CC)cc1.I. The molecule has 1 unspecified atom stereocenters. The molecule has 5 nitrogen and oxygen atoms in total. The van der Waals surface area contributed by atoms with Crippen LogP contribution in [0, 0.1) is 0 Å². The molecule has 1 aliphatic rings. The fraction of sp³-hybridized carbons (Fsp3) is 0.682. The first-order chi connectivity index (χ1) is 13.1. The Morgan fingerprint density at radius 2 is 1.68 bits per heavy atom. The van der Waals surface area contributed by atoms with Crippen molar-refractivity contribution in [2.24, 2.45) is 4.99 Å². The Morgan fingerprint density at radius 3 is 2.21 bits per heavy atom. The molecule has 0 amide bonds. The highest BCUT2D eigenvalue weighted by atomic mass is 127. The van der Waals surface area contributed by atoms with Crippen molar-refractivity contribution in [1.29, 1.82) is 0 Å². The quantitative estimate of drug-likeness (QED) is 0.337. The highest BCUT2D eigenvalue weighted by Gasteiger charge is 2.20. The summed E-state index contributed by atoms with van der Waals surface area (Å²) in [6.07, 6.45) is 1.09. The lowest BCUT2D eigenvalue weighted by molar-refractivity contribution is 0.109. The number of halogens is 1. The summed E-state index contributed by atoms with van der Waals surface area (Å²) < 4.78 is 0. The van der Waals surface area contributed by atoms with Crippen molar-refractivity contribution in [3.05, 3.63) is 35.4 Å². The molecule has 0 aliphatic carbocycles. The van der Waals surface area contributed by atoms with Gasteiger partial charge in [-0.3, -0.25) is 9.89 Å². The number of likely N-dealkylation sites (N-methyl/N-ethyl adjacent to an activating group) is 1. The van der Waals surface area contributed by atoms with Crippen LogP contribution in [0.1, 0.15) is 38.8 Å². The number of rotatable bonds is 8. The van der Waals surface area contributed by atoms with Crippen LogP contribution in [0.15, 0.2) is 29.3 Å². The van der Waals surface area contributed by atoms with Crippen LogP contribution in [0.25, 0.3) is 0 Å².